The van der Waals surface area contributed by atoms with Crippen LogP contribution in [0, 0.1) is 0 Å². The molecule has 1 atom stereocenters. The van der Waals surface area contributed by atoms with Crippen molar-refractivity contribution in [2.75, 3.05) is 19.4 Å². The SMILES string of the molecule is CC(N)CCCCn1c(NC(=O)c2cccc(C(=O)O)c2)nc2cccc(C(=O)N(C)C)c21. The van der Waals surface area contributed by atoms with Crippen LogP contribution in [0.3, 0.4) is 0 Å². The van der Waals surface area contributed by atoms with Gasteiger partial charge in [-0.3, -0.25) is 14.9 Å². The first-order chi connectivity index (χ1) is 15.7. The van der Waals surface area contributed by atoms with Gasteiger partial charge >= 0.3 is 5.97 Å². The van der Waals surface area contributed by atoms with Crippen LogP contribution >= 0.6 is 0 Å². The van der Waals surface area contributed by atoms with E-state index in [0.717, 1.165) is 19.3 Å². The molecule has 1 heterocycles. The van der Waals surface area contributed by atoms with Crippen molar-refractivity contribution < 1.29 is 19.5 Å². The lowest BCUT2D eigenvalue weighted by Crippen LogP contribution is -2.23. The summed E-state index contributed by atoms with van der Waals surface area (Å²) < 4.78 is 1.84. The van der Waals surface area contributed by atoms with E-state index in [4.69, 9.17) is 5.73 Å². The fraction of sp³-hybridized carbons (Fsp3) is 0.333. The van der Waals surface area contributed by atoms with Crippen LogP contribution in [0.15, 0.2) is 42.5 Å². The molecule has 1 unspecified atom stereocenters. The van der Waals surface area contributed by atoms with E-state index in [1.165, 1.54) is 23.1 Å². The number of para-hydroxylation sites is 1. The number of imidazole rings is 1. The predicted octanol–water partition coefficient (Wildman–Crippen LogP) is 3.21. The molecule has 0 aliphatic heterocycles. The van der Waals surface area contributed by atoms with Crippen LogP contribution in [0.5, 0.6) is 0 Å². The summed E-state index contributed by atoms with van der Waals surface area (Å²) in [5.41, 5.74) is 7.81. The maximum Gasteiger partial charge on any atom is 0.335 e. The Bertz CT molecular complexity index is 1180. The number of amides is 2. The van der Waals surface area contributed by atoms with Gasteiger partial charge in [-0.1, -0.05) is 18.6 Å². The summed E-state index contributed by atoms with van der Waals surface area (Å²) in [5, 5.41) is 12.0. The second kappa shape index (κ2) is 10.3. The topological polar surface area (TPSA) is 131 Å². The van der Waals surface area contributed by atoms with E-state index in [0.29, 0.717) is 29.1 Å². The number of nitrogens with two attached hydrogens (primary N) is 1. The number of fused-ring (bicyclic) bond motifs is 1. The molecule has 0 bridgehead atoms. The number of benzene rings is 2. The summed E-state index contributed by atoms with van der Waals surface area (Å²) in [6.07, 6.45) is 2.53. The Morgan fingerprint density at radius 1 is 1.12 bits per heavy atom. The number of carbonyl (C=O) groups excluding carboxylic acids is 2. The number of hydrogen-bond donors (Lipinski definition) is 3. The molecule has 0 spiro atoms. The van der Waals surface area contributed by atoms with Crippen molar-refractivity contribution in [3.63, 3.8) is 0 Å². The minimum atomic E-state index is -1.11. The van der Waals surface area contributed by atoms with Crippen LogP contribution in [0.25, 0.3) is 11.0 Å². The number of nitrogens with one attached hydrogen (secondary N) is 1. The van der Waals surface area contributed by atoms with E-state index >= 15 is 0 Å². The molecule has 0 radical (unpaired) electrons. The van der Waals surface area contributed by atoms with Crippen LogP contribution in [0.2, 0.25) is 0 Å². The van der Waals surface area contributed by atoms with Gasteiger partial charge in [0.25, 0.3) is 11.8 Å². The summed E-state index contributed by atoms with van der Waals surface area (Å²) in [6.45, 7) is 2.49. The fourth-order valence-electron chi connectivity index (χ4n) is 3.62. The number of anilines is 1. The van der Waals surface area contributed by atoms with Crippen LogP contribution in [0.4, 0.5) is 5.95 Å². The van der Waals surface area contributed by atoms with Gasteiger partial charge < -0.3 is 20.3 Å². The second-order valence-corrected chi connectivity index (χ2v) is 8.27. The summed E-state index contributed by atoms with van der Waals surface area (Å²) in [4.78, 5) is 43.1. The summed E-state index contributed by atoms with van der Waals surface area (Å²) in [7, 11) is 3.37. The molecule has 33 heavy (non-hydrogen) atoms. The molecule has 2 aromatic carbocycles. The Kier molecular flexibility index (Phi) is 7.44. The van der Waals surface area contributed by atoms with E-state index in [1.54, 1.807) is 38.4 Å². The normalized spacial score (nSPS) is 11.9. The Balaban J connectivity index is 2.00. The van der Waals surface area contributed by atoms with E-state index in [1.807, 2.05) is 11.5 Å². The minimum absolute atomic E-state index is 0.0194. The van der Waals surface area contributed by atoms with Crippen LogP contribution in [-0.4, -0.2) is 57.5 Å². The van der Waals surface area contributed by atoms with Crippen molar-refractivity contribution in [2.45, 2.75) is 38.8 Å². The fourth-order valence-corrected chi connectivity index (χ4v) is 3.62. The molecule has 174 valence electrons. The maximum atomic E-state index is 12.9. The zero-order valence-corrected chi connectivity index (χ0v) is 19.0. The number of aromatic carboxylic acids is 1. The highest BCUT2D eigenvalue weighted by Gasteiger charge is 2.21. The number of rotatable bonds is 9. The van der Waals surface area contributed by atoms with E-state index < -0.39 is 11.9 Å². The Morgan fingerprint density at radius 3 is 2.48 bits per heavy atom. The van der Waals surface area contributed by atoms with Crippen molar-refractivity contribution in [1.29, 1.82) is 0 Å². The number of aryl methyl sites for hydroxylation is 1. The van der Waals surface area contributed by atoms with Gasteiger partial charge in [-0.15, -0.1) is 0 Å². The third kappa shape index (κ3) is 5.56. The largest absolute Gasteiger partial charge is 0.478 e. The molecule has 3 aromatic rings. The molecular formula is C24H29N5O4. The van der Waals surface area contributed by atoms with Crippen LogP contribution in [0.1, 0.15) is 57.3 Å². The van der Waals surface area contributed by atoms with Gasteiger partial charge in [0.2, 0.25) is 5.95 Å². The zero-order chi connectivity index (χ0) is 24.1. The molecular weight excluding hydrogens is 422 g/mol. The Morgan fingerprint density at radius 2 is 1.82 bits per heavy atom. The highest BCUT2D eigenvalue weighted by molar-refractivity contribution is 6.08. The monoisotopic (exact) mass is 451 g/mol. The van der Waals surface area contributed by atoms with Crippen molar-refractivity contribution >= 4 is 34.8 Å². The lowest BCUT2D eigenvalue weighted by atomic mass is 10.1. The van der Waals surface area contributed by atoms with Gasteiger partial charge in [0.15, 0.2) is 0 Å². The number of carbonyl (C=O) groups is 3. The second-order valence-electron chi connectivity index (χ2n) is 8.27. The van der Waals surface area contributed by atoms with Crippen molar-refractivity contribution in [3.05, 3.63) is 59.2 Å². The van der Waals surface area contributed by atoms with Gasteiger partial charge in [-0.2, -0.15) is 0 Å². The smallest absolute Gasteiger partial charge is 0.335 e. The van der Waals surface area contributed by atoms with Crippen LogP contribution in [-0.2, 0) is 6.54 Å². The third-order valence-corrected chi connectivity index (χ3v) is 5.29. The Hall–Kier alpha value is -3.72. The summed E-state index contributed by atoms with van der Waals surface area (Å²) in [5.74, 6) is -1.46. The highest BCUT2D eigenvalue weighted by Crippen LogP contribution is 2.26. The van der Waals surface area contributed by atoms with Gasteiger partial charge in [-0.25, -0.2) is 9.78 Å². The highest BCUT2D eigenvalue weighted by atomic mass is 16.4. The number of unbranched alkanes of at least 4 members (excludes halogenated alkanes) is 1. The molecule has 0 saturated heterocycles. The zero-order valence-electron chi connectivity index (χ0n) is 19.0. The Labute approximate surface area is 192 Å². The molecule has 0 aliphatic rings. The third-order valence-electron chi connectivity index (χ3n) is 5.29. The molecule has 9 heteroatoms. The molecule has 4 N–H and O–H groups in total. The van der Waals surface area contributed by atoms with Crippen molar-refractivity contribution in [3.8, 4) is 0 Å². The number of nitrogens with zero attached hydrogens (tertiary/aromatic N) is 3. The molecule has 2 amide bonds. The van der Waals surface area contributed by atoms with Crippen molar-refractivity contribution in [2.24, 2.45) is 5.73 Å². The van der Waals surface area contributed by atoms with Gasteiger partial charge in [0.05, 0.1) is 22.2 Å². The average Bonchev–Trinajstić information content (AvgIpc) is 3.13. The number of aromatic nitrogens is 2. The molecule has 0 fully saturated rings. The maximum absolute atomic E-state index is 12.9. The number of carboxylic acids is 1. The lowest BCUT2D eigenvalue weighted by molar-refractivity contribution is 0.0696. The van der Waals surface area contributed by atoms with Gasteiger partial charge in [-0.05, 0) is 50.1 Å². The molecule has 0 saturated carbocycles. The molecule has 1 aromatic heterocycles. The first-order valence-electron chi connectivity index (χ1n) is 10.8. The first kappa shape index (κ1) is 23.9. The molecule has 9 nitrogen and oxygen atoms in total. The number of carboxylic acid groups (broad SMARTS) is 1. The predicted molar refractivity (Wildman–Crippen MR) is 127 cm³/mol. The summed E-state index contributed by atoms with van der Waals surface area (Å²) >= 11 is 0. The molecule has 3 rings (SSSR count). The minimum Gasteiger partial charge on any atom is -0.478 e. The lowest BCUT2D eigenvalue weighted by Gasteiger charge is -2.15. The first-order valence-corrected chi connectivity index (χ1v) is 10.8. The number of hydrogen-bond acceptors (Lipinski definition) is 5. The quantitative estimate of drug-likeness (QED) is 0.428. The summed E-state index contributed by atoms with van der Waals surface area (Å²) in [6, 6.07) is 11.2. The van der Waals surface area contributed by atoms with Crippen molar-refractivity contribution in [1.82, 2.24) is 14.5 Å². The van der Waals surface area contributed by atoms with Gasteiger partial charge in [0, 0.05) is 32.2 Å². The average molecular weight is 452 g/mol. The molecule has 0 aliphatic carbocycles. The van der Waals surface area contributed by atoms with E-state index in [-0.39, 0.29) is 23.1 Å². The standard InChI is InChI=1S/C24H29N5O4/c1-15(25)8-4-5-13-29-20-18(22(31)28(2)3)11-7-12-19(20)26-24(29)27-21(30)16-9-6-10-17(14-16)23(32)33/h6-7,9-12,14-15H,4-5,8,13,25H2,1-3H3,(H,32,33)(H,26,27,30). The van der Waals surface area contributed by atoms with E-state index in [2.05, 4.69) is 10.3 Å². The van der Waals surface area contributed by atoms with Gasteiger partial charge in [0.1, 0.15) is 0 Å². The van der Waals surface area contributed by atoms with E-state index in [9.17, 15) is 19.5 Å². The van der Waals surface area contributed by atoms with Crippen LogP contribution < -0.4 is 11.1 Å².